The van der Waals surface area contributed by atoms with Gasteiger partial charge < -0.3 is 13.7 Å². The molecular weight excluding hydrogens is 402 g/mol. The minimum atomic E-state index is -3.84. The number of furan rings is 2. The highest BCUT2D eigenvalue weighted by Gasteiger charge is 2.26. The first-order valence-corrected chi connectivity index (χ1v) is 10.8. The first-order valence-electron chi connectivity index (χ1n) is 9.29. The molecule has 6 nitrogen and oxygen atoms in total. The summed E-state index contributed by atoms with van der Waals surface area (Å²) in [4.78, 5) is 14.8. The summed E-state index contributed by atoms with van der Waals surface area (Å²) in [6.45, 7) is 0.546. The van der Waals surface area contributed by atoms with Gasteiger partial charge in [0.1, 0.15) is 5.76 Å². The van der Waals surface area contributed by atoms with Crippen LogP contribution >= 0.6 is 0 Å². The Morgan fingerprint density at radius 1 is 0.800 bits per heavy atom. The van der Waals surface area contributed by atoms with Crippen LogP contribution in [0, 0.1) is 0 Å². The summed E-state index contributed by atoms with van der Waals surface area (Å²) in [5.41, 5.74) is 0.932. The van der Waals surface area contributed by atoms with Gasteiger partial charge in [0.05, 0.1) is 17.7 Å². The molecule has 0 aliphatic carbocycles. The van der Waals surface area contributed by atoms with E-state index in [1.165, 1.54) is 30.5 Å². The average Bonchev–Trinajstić information content (AvgIpc) is 3.47. The Bertz CT molecular complexity index is 1210. The molecular formula is C23H19NO5S. The predicted octanol–water partition coefficient (Wildman–Crippen LogP) is 4.55. The Balaban J connectivity index is 1.62. The predicted molar refractivity (Wildman–Crippen MR) is 109 cm³/mol. The molecule has 0 unspecified atom stereocenters. The van der Waals surface area contributed by atoms with Crippen molar-refractivity contribution in [3.05, 3.63) is 108 Å². The lowest BCUT2D eigenvalue weighted by Gasteiger charge is -2.20. The van der Waals surface area contributed by atoms with Crippen molar-refractivity contribution in [2.75, 3.05) is 0 Å². The van der Waals surface area contributed by atoms with Gasteiger partial charge in [-0.15, -0.1) is 0 Å². The number of amides is 1. The fraction of sp³-hybridized carbons (Fsp3) is 0.0870. The normalized spacial score (nSPS) is 11.3. The Hall–Kier alpha value is -3.58. The molecule has 30 heavy (non-hydrogen) atoms. The van der Waals surface area contributed by atoms with Crippen LogP contribution in [-0.2, 0) is 22.9 Å². The molecule has 152 valence electrons. The summed E-state index contributed by atoms with van der Waals surface area (Å²) in [5, 5.41) is -0.269. The number of nitrogens with zero attached hydrogens (tertiary/aromatic N) is 1. The molecule has 0 N–H and O–H groups in total. The number of carbonyl (C=O) groups is 1. The number of benzene rings is 2. The standard InChI is InChI=1S/C23H19NO5S/c25-23(21-13-14-22(29-21)30(26,27)20-11-5-2-6-12-20)24(17-19-10-7-15-28-19)16-18-8-3-1-4-9-18/h1-15H,16-17H2. The lowest BCUT2D eigenvalue weighted by Crippen LogP contribution is -2.29. The van der Waals surface area contributed by atoms with Crippen LogP contribution in [0.4, 0.5) is 0 Å². The van der Waals surface area contributed by atoms with Gasteiger partial charge in [-0.05, 0) is 42.0 Å². The molecule has 0 aliphatic rings. The lowest BCUT2D eigenvalue weighted by molar-refractivity contribution is 0.0679. The number of hydrogen-bond donors (Lipinski definition) is 0. The second-order valence-electron chi connectivity index (χ2n) is 6.66. The van der Waals surface area contributed by atoms with Crippen molar-refractivity contribution < 1.29 is 22.0 Å². The maximum Gasteiger partial charge on any atom is 0.290 e. The van der Waals surface area contributed by atoms with Crippen LogP contribution in [0.1, 0.15) is 21.9 Å². The Morgan fingerprint density at radius 2 is 1.50 bits per heavy atom. The lowest BCUT2D eigenvalue weighted by atomic mass is 10.2. The molecule has 4 aromatic rings. The maximum absolute atomic E-state index is 13.1. The summed E-state index contributed by atoms with van der Waals surface area (Å²) in [6, 6.07) is 23.7. The quantitative estimate of drug-likeness (QED) is 0.437. The largest absolute Gasteiger partial charge is 0.467 e. The molecule has 0 atom stereocenters. The first-order chi connectivity index (χ1) is 14.5. The van der Waals surface area contributed by atoms with Crippen LogP contribution in [0.2, 0.25) is 0 Å². The second-order valence-corrected chi connectivity index (χ2v) is 8.54. The van der Waals surface area contributed by atoms with E-state index in [0.29, 0.717) is 12.3 Å². The van der Waals surface area contributed by atoms with Gasteiger partial charge in [-0.1, -0.05) is 48.5 Å². The molecule has 0 saturated heterocycles. The molecule has 0 aliphatic heterocycles. The molecule has 0 fully saturated rings. The molecule has 1 amide bonds. The molecule has 4 rings (SSSR count). The van der Waals surface area contributed by atoms with Crippen LogP contribution in [0.25, 0.3) is 0 Å². The smallest absolute Gasteiger partial charge is 0.290 e. The molecule has 7 heteroatoms. The van der Waals surface area contributed by atoms with E-state index in [0.717, 1.165) is 5.56 Å². The van der Waals surface area contributed by atoms with Gasteiger partial charge in [0.15, 0.2) is 5.76 Å². The molecule has 2 aromatic carbocycles. The zero-order chi connectivity index (χ0) is 21.0. The SMILES string of the molecule is O=C(c1ccc(S(=O)(=O)c2ccccc2)o1)N(Cc1ccccc1)Cc1ccco1. The van der Waals surface area contributed by atoms with Crippen molar-refractivity contribution in [2.24, 2.45) is 0 Å². The van der Waals surface area contributed by atoms with Gasteiger partial charge in [0, 0.05) is 6.54 Å². The average molecular weight is 421 g/mol. The summed E-state index contributed by atoms with van der Waals surface area (Å²) in [5.74, 6) is 0.139. The summed E-state index contributed by atoms with van der Waals surface area (Å²) in [6.07, 6.45) is 1.54. The molecule has 0 radical (unpaired) electrons. The van der Waals surface area contributed by atoms with Crippen molar-refractivity contribution in [3.8, 4) is 0 Å². The van der Waals surface area contributed by atoms with Crippen molar-refractivity contribution in [2.45, 2.75) is 23.1 Å². The minimum absolute atomic E-state index is 0.0491. The Kier molecular flexibility index (Phi) is 5.54. The second kappa shape index (κ2) is 8.42. The van der Waals surface area contributed by atoms with Crippen molar-refractivity contribution in [1.82, 2.24) is 4.90 Å². The van der Waals surface area contributed by atoms with Gasteiger partial charge in [-0.25, -0.2) is 8.42 Å². The zero-order valence-corrected chi connectivity index (χ0v) is 16.8. The van der Waals surface area contributed by atoms with Crippen LogP contribution in [0.5, 0.6) is 0 Å². The first kappa shape index (κ1) is 19.7. The fourth-order valence-electron chi connectivity index (χ4n) is 3.05. The molecule has 0 spiro atoms. The third-order valence-electron chi connectivity index (χ3n) is 4.54. The molecule has 0 bridgehead atoms. The maximum atomic E-state index is 13.1. The van der Waals surface area contributed by atoms with Gasteiger partial charge in [-0.3, -0.25) is 4.79 Å². The highest BCUT2D eigenvalue weighted by molar-refractivity contribution is 7.91. The van der Waals surface area contributed by atoms with E-state index in [2.05, 4.69) is 0 Å². The van der Waals surface area contributed by atoms with Crippen molar-refractivity contribution in [3.63, 3.8) is 0 Å². The van der Waals surface area contributed by atoms with Gasteiger partial charge in [0.25, 0.3) is 5.91 Å². The van der Waals surface area contributed by atoms with Crippen LogP contribution < -0.4 is 0 Å². The van der Waals surface area contributed by atoms with Crippen LogP contribution in [0.15, 0.2) is 110 Å². The Morgan fingerprint density at radius 3 is 2.17 bits per heavy atom. The summed E-state index contributed by atoms with van der Waals surface area (Å²) >= 11 is 0. The van der Waals surface area contributed by atoms with E-state index in [1.54, 1.807) is 35.2 Å². The van der Waals surface area contributed by atoms with Crippen LogP contribution in [-0.4, -0.2) is 19.2 Å². The minimum Gasteiger partial charge on any atom is -0.467 e. The van der Waals surface area contributed by atoms with E-state index in [4.69, 9.17) is 8.83 Å². The topological polar surface area (TPSA) is 80.7 Å². The molecule has 2 aromatic heterocycles. The van der Waals surface area contributed by atoms with E-state index in [1.807, 2.05) is 30.3 Å². The van der Waals surface area contributed by atoms with Crippen molar-refractivity contribution >= 4 is 15.7 Å². The van der Waals surface area contributed by atoms with Crippen LogP contribution in [0.3, 0.4) is 0 Å². The number of rotatable bonds is 7. The fourth-order valence-corrected chi connectivity index (χ4v) is 4.24. The van der Waals surface area contributed by atoms with E-state index < -0.39 is 15.7 Å². The number of sulfone groups is 1. The third kappa shape index (κ3) is 4.21. The van der Waals surface area contributed by atoms with E-state index in [9.17, 15) is 13.2 Å². The van der Waals surface area contributed by atoms with E-state index in [-0.39, 0.29) is 22.3 Å². The molecule has 2 heterocycles. The highest BCUT2D eigenvalue weighted by atomic mass is 32.2. The third-order valence-corrected chi connectivity index (χ3v) is 6.18. The van der Waals surface area contributed by atoms with E-state index >= 15 is 0 Å². The monoisotopic (exact) mass is 421 g/mol. The number of hydrogen-bond acceptors (Lipinski definition) is 5. The summed E-state index contributed by atoms with van der Waals surface area (Å²) < 4.78 is 36.4. The van der Waals surface area contributed by atoms with Gasteiger partial charge in [0.2, 0.25) is 14.9 Å². The number of carbonyl (C=O) groups excluding carboxylic acids is 1. The van der Waals surface area contributed by atoms with Crippen molar-refractivity contribution in [1.29, 1.82) is 0 Å². The summed E-state index contributed by atoms with van der Waals surface area (Å²) in [7, 11) is -3.84. The van der Waals surface area contributed by atoms with Gasteiger partial charge in [-0.2, -0.15) is 0 Å². The molecule has 0 saturated carbocycles. The highest BCUT2D eigenvalue weighted by Crippen LogP contribution is 2.24. The zero-order valence-electron chi connectivity index (χ0n) is 16.0. The Labute approximate surface area is 174 Å². The van der Waals surface area contributed by atoms with Gasteiger partial charge >= 0.3 is 0 Å².